The fourth-order valence-corrected chi connectivity index (χ4v) is 2.14. The van der Waals surface area contributed by atoms with Gasteiger partial charge >= 0.3 is 0 Å². The first-order valence-electron chi connectivity index (χ1n) is 7.58. The predicted octanol–water partition coefficient (Wildman–Crippen LogP) is 3.06. The van der Waals surface area contributed by atoms with Gasteiger partial charge in [-0.3, -0.25) is 4.68 Å². The van der Waals surface area contributed by atoms with Crippen molar-refractivity contribution in [1.29, 1.82) is 0 Å². The van der Waals surface area contributed by atoms with Crippen LogP contribution in [0, 0.1) is 0 Å². The van der Waals surface area contributed by atoms with E-state index < -0.39 is 0 Å². The van der Waals surface area contributed by atoms with E-state index in [0.29, 0.717) is 11.6 Å². The monoisotopic (exact) mass is 288 g/mol. The number of pyridine rings is 1. The summed E-state index contributed by atoms with van der Waals surface area (Å²) in [5.74, 6) is 1.35. The van der Waals surface area contributed by atoms with Crippen LogP contribution in [0.15, 0.2) is 24.5 Å². The van der Waals surface area contributed by atoms with Gasteiger partial charge in [-0.2, -0.15) is 5.10 Å². The molecule has 2 aromatic rings. The second-order valence-electron chi connectivity index (χ2n) is 5.18. The van der Waals surface area contributed by atoms with Crippen LogP contribution in [-0.4, -0.2) is 21.3 Å². The van der Waals surface area contributed by atoms with Gasteiger partial charge in [0.05, 0.1) is 12.4 Å². The zero-order valence-corrected chi connectivity index (χ0v) is 13.1. The average Bonchev–Trinajstić information content (AvgIpc) is 2.84. The zero-order chi connectivity index (χ0) is 15.1. The van der Waals surface area contributed by atoms with Crippen LogP contribution >= 0.6 is 0 Å². The second-order valence-corrected chi connectivity index (χ2v) is 5.18. The lowest BCUT2D eigenvalue weighted by molar-refractivity contribution is 0.458. The van der Waals surface area contributed by atoms with E-state index in [9.17, 15) is 0 Å². The summed E-state index contributed by atoms with van der Waals surface area (Å²) in [6, 6.07) is 4.15. The van der Waals surface area contributed by atoms with Gasteiger partial charge in [-0.1, -0.05) is 20.3 Å². The van der Waals surface area contributed by atoms with Gasteiger partial charge in [0, 0.05) is 25.4 Å². The van der Waals surface area contributed by atoms with E-state index in [-0.39, 0.29) is 0 Å². The van der Waals surface area contributed by atoms with Gasteiger partial charge in [0.25, 0.3) is 0 Å². The molecular formula is C16H24N4O. The molecule has 0 atom stereocenters. The van der Waals surface area contributed by atoms with Gasteiger partial charge < -0.3 is 10.1 Å². The van der Waals surface area contributed by atoms with Crippen LogP contribution in [0.3, 0.4) is 0 Å². The number of ether oxygens (including phenoxy) is 1. The molecule has 5 heteroatoms. The van der Waals surface area contributed by atoms with Crippen LogP contribution in [0.4, 0.5) is 0 Å². The van der Waals surface area contributed by atoms with Crippen molar-refractivity contribution in [3.63, 3.8) is 0 Å². The number of aryl methyl sites for hydroxylation is 2. The highest BCUT2D eigenvalue weighted by atomic mass is 16.5. The fourth-order valence-electron chi connectivity index (χ4n) is 2.14. The first-order chi connectivity index (χ1) is 10.2. The minimum Gasteiger partial charge on any atom is -0.436 e. The third-order valence-electron chi connectivity index (χ3n) is 3.08. The number of rotatable bonds is 8. The topological polar surface area (TPSA) is 52.0 Å². The van der Waals surface area contributed by atoms with E-state index in [0.717, 1.165) is 38.0 Å². The normalized spacial score (nSPS) is 10.8. The smallest absolute Gasteiger partial charge is 0.219 e. The standard InChI is InChI=1S/C16H24N4O/c1-4-6-14-8-13(10-17-7-5-2)9-16(19-14)21-15-11-18-20(3)12-15/h8-9,11-12,17H,4-7,10H2,1-3H3. The molecule has 5 nitrogen and oxygen atoms in total. The lowest BCUT2D eigenvalue weighted by Gasteiger charge is -2.09. The molecule has 0 saturated heterocycles. The van der Waals surface area contributed by atoms with E-state index in [1.807, 2.05) is 19.3 Å². The molecular weight excluding hydrogens is 264 g/mol. The Morgan fingerprint density at radius 2 is 2.10 bits per heavy atom. The SMILES string of the molecule is CCCNCc1cc(CCC)nc(Oc2cnn(C)c2)c1. The fraction of sp³-hybridized carbons (Fsp3) is 0.500. The van der Waals surface area contributed by atoms with Crippen molar-refractivity contribution in [2.75, 3.05) is 6.54 Å². The first kappa shape index (κ1) is 15.5. The Morgan fingerprint density at radius 3 is 2.76 bits per heavy atom. The van der Waals surface area contributed by atoms with E-state index in [2.05, 4.69) is 35.3 Å². The molecule has 2 aromatic heterocycles. The van der Waals surface area contributed by atoms with E-state index in [4.69, 9.17) is 4.74 Å². The van der Waals surface area contributed by atoms with Gasteiger partial charge in [0.15, 0.2) is 5.75 Å². The van der Waals surface area contributed by atoms with Crippen LogP contribution in [0.5, 0.6) is 11.6 Å². The first-order valence-corrected chi connectivity index (χ1v) is 7.58. The maximum atomic E-state index is 5.81. The minimum absolute atomic E-state index is 0.641. The summed E-state index contributed by atoms with van der Waals surface area (Å²) in [5.41, 5.74) is 2.29. The zero-order valence-electron chi connectivity index (χ0n) is 13.1. The maximum Gasteiger partial charge on any atom is 0.219 e. The van der Waals surface area contributed by atoms with Crippen molar-refractivity contribution in [2.45, 2.75) is 39.7 Å². The van der Waals surface area contributed by atoms with Crippen molar-refractivity contribution in [1.82, 2.24) is 20.1 Å². The van der Waals surface area contributed by atoms with Crippen LogP contribution in [0.1, 0.15) is 37.9 Å². The van der Waals surface area contributed by atoms with Crippen LogP contribution in [0.2, 0.25) is 0 Å². The van der Waals surface area contributed by atoms with Crippen molar-refractivity contribution < 1.29 is 4.74 Å². The third-order valence-corrected chi connectivity index (χ3v) is 3.08. The lowest BCUT2D eigenvalue weighted by Crippen LogP contribution is -2.14. The van der Waals surface area contributed by atoms with Crippen LogP contribution < -0.4 is 10.1 Å². The molecule has 0 aromatic carbocycles. The molecule has 0 bridgehead atoms. The molecule has 2 heterocycles. The number of aromatic nitrogens is 3. The summed E-state index contributed by atoms with van der Waals surface area (Å²) in [6.45, 7) is 6.19. The number of nitrogens with one attached hydrogen (secondary N) is 1. The molecule has 0 aliphatic carbocycles. The Kier molecular flexibility index (Phi) is 5.75. The van der Waals surface area contributed by atoms with Gasteiger partial charge in [-0.15, -0.1) is 0 Å². The van der Waals surface area contributed by atoms with Crippen molar-refractivity contribution in [3.05, 3.63) is 35.8 Å². The Hall–Kier alpha value is -1.88. The average molecular weight is 288 g/mol. The molecule has 21 heavy (non-hydrogen) atoms. The highest BCUT2D eigenvalue weighted by molar-refractivity contribution is 5.29. The molecule has 0 unspecified atom stereocenters. The highest BCUT2D eigenvalue weighted by Crippen LogP contribution is 2.21. The Morgan fingerprint density at radius 1 is 1.24 bits per heavy atom. The Bertz CT molecular complexity index is 565. The summed E-state index contributed by atoms with van der Waals surface area (Å²) in [6.07, 6.45) is 6.70. The summed E-state index contributed by atoms with van der Waals surface area (Å²) >= 11 is 0. The van der Waals surface area contributed by atoms with Crippen molar-refractivity contribution in [2.24, 2.45) is 7.05 Å². The molecule has 114 valence electrons. The molecule has 0 aliphatic heterocycles. The van der Waals surface area contributed by atoms with E-state index in [1.165, 1.54) is 5.56 Å². The lowest BCUT2D eigenvalue weighted by atomic mass is 10.1. The summed E-state index contributed by atoms with van der Waals surface area (Å²) in [7, 11) is 1.87. The van der Waals surface area contributed by atoms with Crippen LogP contribution in [0.25, 0.3) is 0 Å². The molecule has 0 fully saturated rings. The van der Waals surface area contributed by atoms with Gasteiger partial charge in [0.2, 0.25) is 5.88 Å². The van der Waals surface area contributed by atoms with Crippen molar-refractivity contribution in [3.8, 4) is 11.6 Å². The Balaban J connectivity index is 2.14. The molecule has 0 aliphatic rings. The minimum atomic E-state index is 0.641. The highest BCUT2D eigenvalue weighted by Gasteiger charge is 2.06. The summed E-state index contributed by atoms with van der Waals surface area (Å²) in [5, 5.41) is 7.52. The largest absolute Gasteiger partial charge is 0.436 e. The Labute approximate surface area is 126 Å². The van der Waals surface area contributed by atoms with Gasteiger partial charge in [0.1, 0.15) is 0 Å². The predicted molar refractivity (Wildman–Crippen MR) is 83.5 cm³/mol. The summed E-state index contributed by atoms with van der Waals surface area (Å²) < 4.78 is 7.53. The van der Waals surface area contributed by atoms with Crippen molar-refractivity contribution >= 4 is 0 Å². The quantitative estimate of drug-likeness (QED) is 0.759. The molecule has 0 spiro atoms. The second kappa shape index (κ2) is 7.78. The van der Waals surface area contributed by atoms with E-state index in [1.54, 1.807) is 10.9 Å². The molecule has 0 radical (unpaired) electrons. The molecule has 2 rings (SSSR count). The third kappa shape index (κ3) is 4.86. The molecule has 0 amide bonds. The van der Waals surface area contributed by atoms with Crippen LogP contribution in [-0.2, 0) is 20.0 Å². The summed E-state index contributed by atoms with van der Waals surface area (Å²) in [4.78, 5) is 4.57. The molecule has 0 saturated carbocycles. The maximum absolute atomic E-state index is 5.81. The van der Waals surface area contributed by atoms with E-state index >= 15 is 0 Å². The van der Waals surface area contributed by atoms with Gasteiger partial charge in [-0.25, -0.2) is 4.98 Å². The number of hydrogen-bond acceptors (Lipinski definition) is 4. The van der Waals surface area contributed by atoms with Gasteiger partial charge in [-0.05, 0) is 31.0 Å². The number of hydrogen-bond donors (Lipinski definition) is 1. The number of nitrogens with zero attached hydrogens (tertiary/aromatic N) is 3. The molecule has 1 N–H and O–H groups in total.